The molecule has 1 fully saturated rings. The SMILES string of the molecule is Cc1cnc(CN2CCCC(C(=O)O)C2)cn1. The van der Waals surface area contributed by atoms with E-state index in [1.54, 1.807) is 12.4 Å². The average molecular weight is 235 g/mol. The van der Waals surface area contributed by atoms with Crippen LogP contribution < -0.4 is 0 Å². The maximum Gasteiger partial charge on any atom is 0.307 e. The normalized spacial score (nSPS) is 21.4. The highest BCUT2D eigenvalue weighted by molar-refractivity contribution is 5.70. The molecule has 0 amide bonds. The van der Waals surface area contributed by atoms with E-state index in [-0.39, 0.29) is 5.92 Å². The third-order valence-corrected chi connectivity index (χ3v) is 3.07. The number of hydrogen-bond donors (Lipinski definition) is 1. The molecule has 0 bridgehead atoms. The van der Waals surface area contributed by atoms with Crippen LogP contribution in [-0.4, -0.2) is 39.0 Å². The lowest BCUT2D eigenvalue weighted by atomic mass is 9.98. The van der Waals surface area contributed by atoms with Gasteiger partial charge in [0.25, 0.3) is 0 Å². The maximum atomic E-state index is 10.9. The fourth-order valence-electron chi connectivity index (χ4n) is 2.13. The Morgan fingerprint density at radius 3 is 3.00 bits per heavy atom. The van der Waals surface area contributed by atoms with Crippen LogP contribution >= 0.6 is 0 Å². The molecule has 17 heavy (non-hydrogen) atoms. The van der Waals surface area contributed by atoms with Crippen LogP contribution in [0.2, 0.25) is 0 Å². The van der Waals surface area contributed by atoms with Gasteiger partial charge in [-0.1, -0.05) is 0 Å². The zero-order valence-corrected chi connectivity index (χ0v) is 9.96. The van der Waals surface area contributed by atoms with E-state index in [2.05, 4.69) is 14.9 Å². The molecule has 1 atom stereocenters. The van der Waals surface area contributed by atoms with Crippen molar-refractivity contribution in [1.82, 2.24) is 14.9 Å². The third kappa shape index (κ3) is 3.23. The molecule has 1 aromatic heterocycles. The Labute approximate surface area is 100 Å². The topological polar surface area (TPSA) is 66.3 Å². The number of aliphatic carboxylic acids is 1. The summed E-state index contributed by atoms with van der Waals surface area (Å²) in [6, 6.07) is 0. The van der Waals surface area contributed by atoms with E-state index in [9.17, 15) is 4.79 Å². The minimum atomic E-state index is -0.690. The van der Waals surface area contributed by atoms with Gasteiger partial charge in [-0.25, -0.2) is 0 Å². The zero-order valence-electron chi connectivity index (χ0n) is 9.96. The molecule has 1 unspecified atom stereocenters. The monoisotopic (exact) mass is 235 g/mol. The third-order valence-electron chi connectivity index (χ3n) is 3.07. The van der Waals surface area contributed by atoms with Crippen LogP contribution in [0, 0.1) is 12.8 Å². The van der Waals surface area contributed by atoms with E-state index < -0.39 is 5.97 Å². The molecule has 1 saturated heterocycles. The Balaban J connectivity index is 1.94. The number of carboxylic acids is 1. The molecule has 5 heteroatoms. The minimum Gasteiger partial charge on any atom is -0.481 e. The Morgan fingerprint density at radius 1 is 1.53 bits per heavy atom. The summed E-state index contributed by atoms with van der Waals surface area (Å²) in [5.41, 5.74) is 1.80. The van der Waals surface area contributed by atoms with Crippen LogP contribution in [0.5, 0.6) is 0 Å². The number of hydrogen-bond acceptors (Lipinski definition) is 4. The van der Waals surface area contributed by atoms with Gasteiger partial charge in [0.05, 0.1) is 17.3 Å². The fraction of sp³-hybridized carbons (Fsp3) is 0.583. The van der Waals surface area contributed by atoms with E-state index in [0.717, 1.165) is 30.8 Å². The number of aromatic nitrogens is 2. The van der Waals surface area contributed by atoms with E-state index in [4.69, 9.17) is 5.11 Å². The van der Waals surface area contributed by atoms with Gasteiger partial charge in [-0.15, -0.1) is 0 Å². The van der Waals surface area contributed by atoms with Crippen molar-refractivity contribution in [2.45, 2.75) is 26.3 Å². The van der Waals surface area contributed by atoms with Crippen LogP contribution in [-0.2, 0) is 11.3 Å². The molecule has 0 aliphatic carbocycles. The molecule has 1 aliphatic heterocycles. The molecular formula is C12H17N3O2. The first-order valence-corrected chi connectivity index (χ1v) is 5.88. The average Bonchev–Trinajstić information content (AvgIpc) is 2.32. The standard InChI is InChI=1S/C12H17N3O2/c1-9-5-14-11(6-13-9)8-15-4-2-3-10(7-15)12(16)17/h5-6,10H,2-4,7-8H2,1H3,(H,16,17). The summed E-state index contributed by atoms with van der Waals surface area (Å²) < 4.78 is 0. The number of piperidine rings is 1. The Morgan fingerprint density at radius 2 is 2.35 bits per heavy atom. The summed E-state index contributed by atoms with van der Waals surface area (Å²) in [7, 11) is 0. The molecule has 1 aliphatic rings. The van der Waals surface area contributed by atoms with Crippen LogP contribution in [0.1, 0.15) is 24.2 Å². The second-order valence-corrected chi connectivity index (χ2v) is 4.56. The number of rotatable bonds is 3. The van der Waals surface area contributed by atoms with Gasteiger partial charge in [0.2, 0.25) is 0 Å². The number of likely N-dealkylation sites (tertiary alicyclic amines) is 1. The van der Waals surface area contributed by atoms with Gasteiger partial charge in [-0.05, 0) is 26.3 Å². The molecule has 92 valence electrons. The summed E-state index contributed by atoms with van der Waals surface area (Å²) in [4.78, 5) is 21.6. The number of nitrogens with zero attached hydrogens (tertiary/aromatic N) is 3. The Bertz CT molecular complexity index is 391. The predicted molar refractivity (Wildman–Crippen MR) is 62.4 cm³/mol. The highest BCUT2D eigenvalue weighted by Crippen LogP contribution is 2.17. The number of carbonyl (C=O) groups is 1. The lowest BCUT2D eigenvalue weighted by Gasteiger charge is -2.30. The fourth-order valence-corrected chi connectivity index (χ4v) is 2.13. The van der Waals surface area contributed by atoms with Crippen molar-refractivity contribution in [3.63, 3.8) is 0 Å². The van der Waals surface area contributed by atoms with E-state index in [1.165, 1.54) is 0 Å². The lowest BCUT2D eigenvalue weighted by molar-refractivity contribution is -0.143. The molecule has 2 heterocycles. The van der Waals surface area contributed by atoms with E-state index in [1.807, 2.05) is 6.92 Å². The van der Waals surface area contributed by atoms with Gasteiger partial charge >= 0.3 is 5.97 Å². The summed E-state index contributed by atoms with van der Waals surface area (Å²) in [6.45, 7) is 4.15. The molecule has 5 nitrogen and oxygen atoms in total. The first-order chi connectivity index (χ1) is 8.15. The summed E-state index contributed by atoms with van der Waals surface area (Å²) in [6.07, 6.45) is 5.23. The van der Waals surface area contributed by atoms with Gasteiger partial charge in [0.15, 0.2) is 0 Å². The first-order valence-electron chi connectivity index (χ1n) is 5.88. The molecule has 1 aromatic rings. The van der Waals surface area contributed by atoms with Gasteiger partial charge < -0.3 is 5.11 Å². The second-order valence-electron chi connectivity index (χ2n) is 4.56. The second kappa shape index (κ2) is 5.23. The van der Waals surface area contributed by atoms with Gasteiger partial charge in [-0.3, -0.25) is 19.7 Å². The van der Waals surface area contributed by atoms with Gasteiger partial charge in [0.1, 0.15) is 0 Å². The maximum absolute atomic E-state index is 10.9. The van der Waals surface area contributed by atoms with Crippen LogP contribution in [0.4, 0.5) is 0 Å². The zero-order chi connectivity index (χ0) is 12.3. The van der Waals surface area contributed by atoms with Crippen molar-refractivity contribution >= 4 is 5.97 Å². The van der Waals surface area contributed by atoms with Crippen molar-refractivity contribution in [2.24, 2.45) is 5.92 Å². The molecule has 0 radical (unpaired) electrons. The molecule has 2 rings (SSSR count). The largest absolute Gasteiger partial charge is 0.481 e. The van der Waals surface area contributed by atoms with Gasteiger partial charge in [0, 0.05) is 25.5 Å². The van der Waals surface area contributed by atoms with Crippen molar-refractivity contribution in [1.29, 1.82) is 0 Å². The highest BCUT2D eigenvalue weighted by atomic mass is 16.4. The number of carboxylic acid groups (broad SMARTS) is 1. The molecule has 0 spiro atoms. The number of aryl methyl sites for hydroxylation is 1. The summed E-state index contributed by atoms with van der Waals surface area (Å²) >= 11 is 0. The highest BCUT2D eigenvalue weighted by Gasteiger charge is 2.25. The molecular weight excluding hydrogens is 218 g/mol. The molecule has 1 N–H and O–H groups in total. The van der Waals surface area contributed by atoms with E-state index >= 15 is 0 Å². The van der Waals surface area contributed by atoms with Crippen LogP contribution in [0.15, 0.2) is 12.4 Å². The van der Waals surface area contributed by atoms with Crippen molar-refractivity contribution in [3.8, 4) is 0 Å². The predicted octanol–water partition coefficient (Wildman–Crippen LogP) is 1.08. The van der Waals surface area contributed by atoms with Gasteiger partial charge in [-0.2, -0.15) is 0 Å². The lowest BCUT2D eigenvalue weighted by Crippen LogP contribution is -2.38. The summed E-state index contributed by atoms with van der Waals surface area (Å²) in [5, 5.41) is 9.00. The quantitative estimate of drug-likeness (QED) is 0.849. The van der Waals surface area contributed by atoms with Crippen molar-refractivity contribution < 1.29 is 9.90 Å². The van der Waals surface area contributed by atoms with Crippen molar-refractivity contribution in [2.75, 3.05) is 13.1 Å². The first kappa shape index (κ1) is 12.0. The summed E-state index contributed by atoms with van der Waals surface area (Å²) in [5.74, 6) is -0.924. The molecule has 0 saturated carbocycles. The van der Waals surface area contributed by atoms with Crippen LogP contribution in [0.3, 0.4) is 0 Å². The minimum absolute atomic E-state index is 0.234. The Kier molecular flexibility index (Phi) is 3.68. The Hall–Kier alpha value is -1.49. The van der Waals surface area contributed by atoms with Crippen LogP contribution in [0.25, 0.3) is 0 Å². The van der Waals surface area contributed by atoms with E-state index in [0.29, 0.717) is 13.1 Å². The molecule has 0 aromatic carbocycles. The van der Waals surface area contributed by atoms with Crippen molar-refractivity contribution in [3.05, 3.63) is 23.8 Å². The smallest absolute Gasteiger partial charge is 0.307 e.